The molecule has 1 amide bonds. The van der Waals surface area contributed by atoms with E-state index in [1.165, 1.54) is 5.56 Å². The van der Waals surface area contributed by atoms with Gasteiger partial charge in [0.15, 0.2) is 5.82 Å². The van der Waals surface area contributed by atoms with Gasteiger partial charge in [-0.3, -0.25) is 4.79 Å². The minimum Gasteiger partial charge on any atom is -0.353 e. The summed E-state index contributed by atoms with van der Waals surface area (Å²) in [5.41, 5.74) is 3.93. The van der Waals surface area contributed by atoms with Crippen molar-refractivity contribution in [3.8, 4) is 5.82 Å². The Morgan fingerprint density at radius 2 is 1.68 bits per heavy atom. The van der Waals surface area contributed by atoms with Crippen LogP contribution in [0.1, 0.15) is 27.2 Å². The monoisotopic (exact) mass is 376 g/mol. The van der Waals surface area contributed by atoms with Crippen LogP contribution in [-0.2, 0) is 0 Å². The van der Waals surface area contributed by atoms with E-state index in [1.54, 1.807) is 11.0 Å². The summed E-state index contributed by atoms with van der Waals surface area (Å²) in [7, 11) is 0. The van der Waals surface area contributed by atoms with Gasteiger partial charge in [0.25, 0.3) is 5.91 Å². The van der Waals surface area contributed by atoms with Gasteiger partial charge in [0.1, 0.15) is 12.1 Å². The summed E-state index contributed by atoms with van der Waals surface area (Å²) in [6, 6.07) is 9.87. The summed E-state index contributed by atoms with van der Waals surface area (Å²) in [6.07, 6.45) is 3.46. The summed E-state index contributed by atoms with van der Waals surface area (Å²) in [4.78, 5) is 25.7. The van der Waals surface area contributed by atoms with Crippen LogP contribution < -0.4 is 4.90 Å². The van der Waals surface area contributed by atoms with Crippen molar-refractivity contribution in [3.63, 3.8) is 0 Å². The predicted molar refractivity (Wildman–Crippen MR) is 108 cm³/mol. The number of carbonyl (C=O) groups excluding carboxylic acids is 1. The lowest BCUT2D eigenvalue weighted by Crippen LogP contribution is -2.49. The van der Waals surface area contributed by atoms with Gasteiger partial charge in [-0.15, -0.1) is 0 Å². The average molecular weight is 376 g/mol. The predicted octanol–water partition coefficient (Wildman–Crippen LogP) is 2.55. The molecule has 0 radical (unpaired) electrons. The maximum atomic E-state index is 12.9. The standard InChI is InChI=1S/C21H24N6O/c1-15-4-5-18(16(2)12-15)21(28)26-10-8-25(9-11-26)19-13-20(23-14-22-19)27-7-6-17(3)24-27/h4-7,12-14H,8-11H2,1-3H3. The Kier molecular flexibility index (Phi) is 4.81. The first-order valence-electron chi connectivity index (χ1n) is 9.47. The molecular formula is C21H24N6O. The van der Waals surface area contributed by atoms with Crippen molar-refractivity contribution in [2.24, 2.45) is 0 Å². The summed E-state index contributed by atoms with van der Waals surface area (Å²) in [5, 5.41) is 4.41. The van der Waals surface area contributed by atoms with Gasteiger partial charge in [0.2, 0.25) is 0 Å². The molecule has 0 unspecified atom stereocenters. The second kappa shape index (κ2) is 7.42. The first kappa shape index (κ1) is 18.2. The van der Waals surface area contributed by atoms with E-state index in [9.17, 15) is 4.79 Å². The number of amides is 1. The first-order chi connectivity index (χ1) is 13.5. The van der Waals surface area contributed by atoms with Gasteiger partial charge in [-0.05, 0) is 38.5 Å². The number of aromatic nitrogens is 4. The Bertz CT molecular complexity index is 1000. The van der Waals surface area contributed by atoms with E-state index >= 15 is 0 Å². The quantitative estimate of drug-likeness (QED) is 0.703. The van der Waals surface area contributed by atoms with Crippen molar-refractivity contribution >= 4 is 11.7 Å². The minimum absolute atomic E-state index is 0.104. The number of nitrogens with zero attached hydrogens (tertiary/aromatic N) is 6. The third kappa shape index (κ3) is 3.60. The van der Waals surface area contributed by atoms with Crippen LogP contribution in [0, 0.1) is 20.8 Å². The summed E-state index contributed by atoms with van der Waals surface area (Å²) >= 11 is 0. The fourth-order valence-corrected chi connectivity index (χ4v) is 3.54. The van der Waals surface area contributed by atoms with Gasteiger partial charge in [0, 0.05) is 44.0 Å². The van der Waals surface area contributed by atoms with Crippen LogP contribution in [-0.4, -0.2) is 56.7 Å². The van der Waals surface area contributed by atoms with Crippen LogP contribution in [0.15, 0.2) is 42.9 Å². The number of benzene rings is 1. The molecule has 28 heavy (non-hydrogen) atoms. The lowest BCUT2D eigenvalue weighted by molar-refractivity contribution is 0.0746. The van der Waals surface area contributed by atoms with E-state index < -0.39 is 0 Å². The largest absolute Gasteiger partial charge is 0.353 e. The number of aryl methyl sites for hydroxylation is 3. The molecule has 1 saturated heterocycles. The molecule has 4 rings (SSSR count). The van der Waals surface area contributed by atoms with E-state index in [4.69, 9.17) is 0 Å². The molecule has 7 nitrogen and oxygen atoms in total. The zero-order chi connectivity index (χ0) is 19.7. The van der Waals surface area contributed by atoms with Crippen LogP contribution in [0.25, 0.3) is 5.82 Å². The number of carbonyl (C=O) groups is 1. The first-order valence-corrected chi connectivity index (χ1v) is 9.47. The third-order valence-electron chi connectivity index (χ3n) is 5.10. The van der Waals surface area contributed by atoms with Crippen molar-refractivity contribution in [1.82, 2.24) is 24.6 Å². The van der Waals surface area contributed by atoms with Gasteiger partial charge in [-0.1, -0.05) is 17.7 Å². The highest BCUT2D eigenvalue weighted by molar-refractivity contribution is 5.95. The molecule has 0 atom stereocenters. The van der Waals surface area contributed by atoms with E-state index in [0.29, 0.717) is 13.1 Å². The maximum absolute atomic E-state index is 12.9. The Hall–Kier alpha value is -3.22. The zero-order valence-corrected chi connectivity index (χ0v) is 16.5. The Morgan fingerprint density at radius 3 is 2.36 bits per heavy atom. The summed E-state index contributed by atoms with van der Waals surface area (Å²) in [5.74, 6) is 1.70. The van der Waals surface area contributed by atoms with Crippen molar-refractivity contribution in [3.05, 3.63) is 65.2 Å². The maximum Gasteiger partial charge on any atom is 0.254 e. The SMILES string of the molecule is Cc1ccc(C(=O)N2CCN(c3cc(-n4ccc(C)n4)ncn3)CC2)c(C)c1. The van der Waals surface area contributed by atoms with Crippen LogP contribution in [0.2, 0.25) is 0 Å². The van der Waals surface area contributed by atoms with Crippen molar-refractivity contribution < 1.29 is 4.79 Å². The van der Waals surface area contributed by atoms with Crippen LogP contribution in [0.4, 0.5) is 5.82 Å². The van der Waals surface area contributed by atoms with Crippen LogP contribution >= 0.6 is 0 Å². The molecule has 3 heterocycles. The molecule has 2 aromatic heterocycles. The van der Waals surface area contributed by atoms with E-state index in [2.05, 4.69) is 26.0 Å². The Balaban J connectivity index is 1.45. The zero-order valence-electron chi connectivity index (χ0n) is 16.5. The van der Waals surface area contributed by atoms with Gasteiger partial charge in [0.05, 0.1) is 5.69 Å². The third-order valence-corrected chi connectivity index (χ3v) is 5.10. The van der Waals surface area contributed by atoms with Crippen LogP contribution in [0.3, 0.4) is 0 Å². The van der Waals surface area contributed by atoms with Gasteiger partial charge >= 0.3 is 0 Å². The summed E-state index contributed by atoms with van der Waals surface area (Å²) < 4.78 is 1.75. The highest BCUT2D eigenvalue weighted by Gasteiger charge is 2.24. The highest BCUT2D eigenvalue weighted by Crippen LogP contribution is 2.18. The topological polar surface area (TPSA) is 67.2 Å². The molecule has 7 heteroatoms. The molecule has 0 aliphatic carbocycles. The second-order valence-corrected chi connectivity index (χ2v) is 7.23. The normalized spacial score (nSPS) is 14.4. The van der Waals surface area contributed by atoms with Crippen molar-refractivity contribution in [2.75, 3.05) is 31.1 Å². The van der Waals surface area contributed by atoms with E-state index in [1.807, 2.05) is 56.1 Å². The fourth-order valence-electron chi connectivity index (χ4n) is 3.54. The number of rotatable bonds is 3. The number of hydrogen-bond donors (Lipinski definition) is 0. The fraction of sp³-hybridized carbons (Fsp3) is 0.333. The lowest BCUT2D eigenvalue weighted by atomic mass is 10.0. The van der Waals surface area contributed by atoms with Gasteiger partial charge < -0.3 is 9.80 Å². The molecule has 0 spiro atoms. The Morgan fingerprint density at radius 1 is 0.929 bits per heavy atom. The highest BCUT2D eigenvalue weighted by atomic mass is 16.2. The number of anilines is 1. The number of piperazine rings is 1. The molecule has 0 N–H and O–H groups in total. The second-order valence-electron chi connectivity index (χ2n) is 7.23. The molecule has 144 valence electrons. The molecule has 0 saturated carbocycles. The molecule has 1 aliphatic heterocycles. The Labute approximate surface area is 164 Å². The van der Waals surface area contributed by atoms with E-state index in [0.717, 1.165) is 41.5 Å². The minimum atomic E-state index is 0.104. The molecule has 0 bridgehead atoms. The van der Waals surface area contributed by atoms with Gasteiger partial charge in [-0.25, -0.2) is 14.6 Å². The molecular weight excluding hydrogens is 352 g/mol. The molecule has 1 aliphatic rings. The van der Waals surface area contributed by atoms with E-state index in [-0.39, 0.29) is 5.91 Å². The smallest absolute Gasteiger partial charge is 0.254 e. The van der Waals surface area contributed by atoms with Crippen molar-refractivity contribution in [2.45, 2.75) is 20.8 Å². The summed E-state index contributed by atoms with van der Waals surface area (Å²) in [6.45, 7) is 8.82. The molecule has 3 aromatic rings. The lowest BCUT2D eigenvalue weighted by Gasteiger charge is -2.35. The van der Waals surface area contributed by atoms with Crippen LogP contribution in [0.5, 0.6) is 0 Å². The van der Waals surface area contributed by atoms with Crippen molar-refractivity contribution in [1.29, 1.82) is 0 Å². The molecule has 1 aromatic carbocycles. The molecule has 1 fully saturated rings. The average Bonchev–Trinajstić information content (AvgIpc) is 3.14. The van der Waals surface area contributed by atoms with Gasteiger partial charge in [-0.2, -0.15) is 5.10 Å². The number of hydrogen-bond acceptors (Lipinski definition) is 5.